The highest BCUT2D eigenvalue weighted by Crippen LogP contribution is 2.35. The van der Waals surface area contributed by atoms with Crippen molar-refractivity contribution in [1.29, 1.82) is 0 Å². The van der Waals surface area contributed by atoms with Gasteiger partial charge in [0.2, 0.25) is 0 Å². The van der Waals surface area contributed by atoms with Crippen LogP contribution in [-0.2, 0) is 15.8 Å². The number of sulfonamides is 1. The number of para-hydroxylation sites is 1. The Morgan fingerprint density at radius 1 is 1.28 bits per heavy atom. The number of benzene rings is 1. The Balaban J connectivity index is 1.67. The van der Waals surface area contributed by atoms with Crippen LogP contribution in [0.4, 0.5) is 5.69 Å². The van der Waals surface area contributed by atoms with E-state index in [1.165, 1.54) is 15.6 Å². The second-order valence-corrected chi connectivity index (χ2v) is 11.6. The third-order valence-electron chi connectivity index (χ3n) is 4.35. The van der Waals surface area contributed by atoms with Gasteiger partial charge in [-0.1, -0.05) is 18.2 Å². The molecule has 1 aromatic carbocycles. The van der Waals surface area contributed by atoms with Gasteiger partial charge in [-0.3, -0.25) is 4.31 Å². The van der Waals surface area contributed by atoms with Gasteiger partial charge < -0.3 is 10.1 Å². The number of fused-ring (bicyclic) bond motifs is 1. The summed E-state index contributed by atoms with van der Waals surface area (Å²) in [6, 6.07) is 10.9. The number of H-pyrrole nitrogens is 1. The summed E-state index contributed by atoms with van der Waals surface area (Å²) in [4.78, 5) is 9.00. The molecule has 0 saturated carbocycles. The van der Waals surface area contributed by atoms with E-state index in [4.69, 9.17) is 5.11 Å². The maximum absolute atomic E-state index is 12.9. The molecular formula is C19H19N3O3S4. The van der Waals surface area contributed by atoms with E-state index in [1.54, 1.807) is 53.7 Å². The van der Waals surface area contributed by atoms with Gasteiger partial charge >= 0.3 is 0 Å². The van der Waals surface area contributed by atoms with Crippen LogP contribution in [0.25, 0.3) is 21.6 Å². The Bertz CT molecular complexity index is 1210. The normalized spacial score (nSPS) is 11.9. The first kappa shape index (κ1) is 20.4. The summed E-state index contributed by atoms with van der Waals surface area (Å²) in [5.41, 5.74) is 2.21. The lowest BCUT2D eigenvalue weighted by molar-refractivity contribution is 0.322. The molecule has 0 fully saturated rings. The summed E-state index contributed by atoms with van der Waals surface area (Å²) in [6.45, 7) is 0.170. The number of hydrogen-bond acceptors (Lipinski definition) is 7. The molecule has 3 heterocycles. The van der Waals surface area contributed by atoms with E-state index in [0.717, 1.165) is 32.2 Å². The Hall–Kier alpha value is -1.85. The molecule has 0 amide bonds. The molecule has 10 heteroatoms. The minimum atomic E-state index is -3.61. The number of aliphatic hydroxyl groups excluding tert-OH is 1. The van der Waals surface area contributed by atoms with Gasteiger partial charge in [-0.25, -0.2) is 13.4 Å². The molecule has 0 bridgehead atoms. The van der Waals surface area contributed by atoms with Crippen LogP contribution >= 0.6 is 34.4 Å². The number of anilines is 1. The van der Waals surface area contributed by atoms with Gasteiger partial charge in [0, 0.05) is 35.0 Å². The van der Waals surface area contributed by atoms with Crippen LogP contribution < -0.4 is 4.31 Å². The number of nitrogens with zero attached hydrogens (tertiary/aromatic N) is 2. The van der Waals surface area contributed by atoms with Crippen LogP contribution in [0.3, 0.4) is 0 Å². The summed E-state index contributed by atoms with van der Waals surface area (Å²) >= 11 is 4.47. The molecule has 0 aliphatic carbocycles. The van der Waals surface area contributed by atoms with Gasteiger partial charge in [0.05, 0.1) is 23.5 Å². The topological polar surface area (TPSA) is 86.3 Å². The fourth-order valence-electron chi connectivity index (χ4n) is 2.93. The van der Waals surface area contributed by atoms with E-state index < -0.39 is 10.0 Å². The predicted octanol–water partition coefficient (Wildman–Crippen LogP) is 4.40. The molecule has 0 unspecified atom stereocenters. The molecule has 29 heavy (non-hydrogen) atoms. The Morgan fingerprint density at radius 2 is 2.14 bits per heavy atom. The fourth-order valence-corrected chi connectivity index (χ4v) is 7.01. The van der Waals surface area contributed by atoms with Crippen molar-refractivity contribution in [2.75, 3.05) is 23.7 Å². The zero-order valence-corrected chi connectivity index (χ0v) is 18.8. The highest BCUT2D eigenvalue weighted by molar-refractivity contribution is 7.98. The van der Waals surface area contributed by atoms with Crippen LogP contribution in [0.1, 0.15) is 4.88 Å². The molecule has 3 aromatic heterocycles. The third kappa shape index (κ3) is 4.08. The Kier molecular flexibility index (Phi) is 5.98. The first-order valence-corrected chi connectivity index (χ1v) is 13.1. The molecule has 152 valence electrons. The summed E-state index contributed by atoms with van der Waals surface area (Å²) in [7, 11) is -2.03. The zero-order chi connectivity index (χ0) is 20.4. The average molecular weight is 466 g/mol. The first-order chi connectivity index (χ1) is 14.0. The van der Waals surface area contributed by atoms with Crippen molar-refractivity contribution < 1.29 is 13.5 Å². The van der Waals surface area contributed by atoms with Crippen LogP contribution in [0.2, 0.25) is 0 Å². The number of hydrogen-bond donors (Lipinski definition) is 2. The van der Waals surface area contributed by atoms with E-state index in [2.05, 4.69) is 9.97 Å². The fraction of sp³-hybridized carbons (Fsp3) is 0.211. The zero-order valence-electron chi connectivity index (χ0n) is 15.5. The predicted molar refractivity (Wildman–Crippen MR) is 123 cm³/mol. The van der Waals surface area contributed by atoms with Gasteiger partial charge in [0.1, 0.15) is 9.22 Å². The van der Waals surface area contributed by atoms with Crippen LogP contribution in [-0.4, -0.2) is 42.9 Å². The summed E-state index contributed by atoms with van der Waals surface area (Å²) in [5.74, 6) is 1.51. The van der Waals surface area contributed by atoms with E-state index in [0.29, 0.717) is 15.6 Å². The van der Waals surface area contributed by atoms with Crippen molar-refractivity contribution in [3.8, 4) is 10.7 Å². The molecule has 4 rings (SSSR count). The number of thiophene rings is 1. The number of rotatable bonds is 8. The molecule has 0 saturated heterocycles. The number of aromatic amines is 1. The van der Waals surface area contributed by atoms with Crippen molar-refractivity contribution in [1.82, 2.24) is 9.97 Å². The summed E-state index contributed by atoms with van der Waals surface area (Å²) < 4.78 is 27.5. The third-order valence-corrected chi connectivity index (χ3v) is 9.69. The number of thiazole rings is 1. The molecule has 2 N–H and O–H groups in total. The monoisotopic (exact) mass is 465 g/mol. The minimum absolute atomic E-state index is 0.170. The van der Waals surface area contributed by atoms with Crippen molar-refractivity contribution in [3.05, 3.63) is 52.9 Å². The smallest absolute Gasteiger partial charge is 0.273 e. The number of nitrogens with one attached hydrogen (secondary N) is 1. The van der Waals surface area contributed by atoms with Crippen molar-refractivity contribution in [3.63, 3.8) is 0 Å². The second kappa shape index (κ2) is 8.49. The highest BCUT2D eigenvalue weighted by atomic mass is 32.2. The maximum Gasteiger partial charge on any atom is 0.273 e. The van der Waals surface area contributed by atoms with Crippen LogP contribution in [0, 0.1) is 0 Å². The van der Waals surface area contributed by atoms with Gasteiger partial charge in [-0.05, 0) is 23.6 Å². The van der Waals surface area contributed by atoms with Crippen molar-refractivity contribution in [2.24, 2.45) is 0 Å². The maximum atomic E-state index is 12.9. The standard InChI is InChI=1S/C19H19N3O3S4/c1-22(29(24,25)17-6-3-8-27-17)16-5-2-4-13-10-15(21-18(13)16)19-20-11-14(28-19)12-26-9-7-23/h2-6,8,10-11,21,23H,7,9,12H2,1H3. The molecular weight excluding hydrogens is 446 g/mol. The SMILES string of the molecule is CN(c1cccc2cc(-c3ncc(CSCCO)s3)[nH]c12)S(=O)(=O)c1cccs1. The van der Waals surface area contributed by atoms with Crippen LogP contribution in [0.5, 0.6) is 0 Å². The number of thioether (sulfide) groups is 1. The largest absolute Gasteiger partial charge is 0.396 e. The lowest BCUT2D eigenvalue weighted by Gasteiger charge is -2.19. The Labute approximate surface area is 181 Å². The first-order valence-electron chi connectivity index (χ1n) is 8.78. The Morgan fingerprint density at radius 3 is 2.90 bits per heavy atom. The van der Waals surface area contributed by atoms with Gasteiger partial charge in [0.15, 0.2) is 0 Å². The quantitative estimate of drug-likeness (QED) is 0.377. The summed E-state index contributed by atoms with van der Waals surface area (Å²) in [6.07, 6.45) is 1.85. The molecule has 0 atom stereocenters. The van der Waals surface area contributed by atoms with E-state index in [-0.39, 0.29) is 6.61 Å². The average Bonchev–Trinajstić information content (AvgIpc) is 3.46. The van der Waals surface area contributed by atoms with Crippen molar-refractivity contribution >= 4 is 61.0 Å². The summed E-state index contributed by atoms with van der Waals surface area (Å²) in [5, 5.41) is 12.5. The van der Waals surface area contributed by atoms with Crippen LogP contribution in [0.15, 0.2) is 52.2 Å². The molecule has 0 aliphatic rings. The van der Waals surface area contributed by atoms with E-state index >= 15 is 0 Å². The van der Waals surface area contributed by atoms with Gasteiger partial charge in [-0.2, -0.15) is 11.8 Å². The molecule has 0 radical (unpaired) electrons. The van der Waals surface area contributed by atoms with E-state index in [1.807, 2.05) is 24.4 Å². The molecule has 6 nitrogen and oxygen atoms in total. The molecule has 4 aromatic rings. The van der Waals surface area contributed by atoms with E-state index in [9.17, 15) is 8.42 Å². The number of aliphatic hydroxyl groups is 1. The molecule has 0 spiro atoms. The number of aromatic nitrogens is 2. The van der Waals surface area contributed by atoms with Crippen molar-refractivity contribution in [2.45, 2.75) is 9.96 Å². The van der Waals surface area contributed by atoms with Gasteiger partial charge in [-0.15, -0.1) is 22.7 Å². The molecule has 0 aliphatic heterocycles. The lowest BCUT2D eigenvalue weighted by atomic mass is 10.2. The second-order valence-electron chi connectivity index (χ2n) is 6.24. The minimum Gasteiger partial charge on any atom is -0.396 e. The lowest BCUT2D eigenvalue weighted by Crippen LogP contribution is -2.26. The highest BCUT2D eigenvalue weighted by Gasteiger charge is 2.24. The van der Waals surface area contributed by atoms with Gasteiger partial charge in [0.25, 0.3) is 10.0 Å².